The zero-order chi connectivity index (χ0) is 7.56. The molecule has 1 aliphatic heterocycles. The smallest absolute Gasteiger partial charge is 0.353 e. The van der Waals surface area contributed by atoms with Crippen LogP contribution < -0.4 is 0 Å². The molecule has 0 atom stereocenters. The standard InChI is InChI=1S/C7H11NO2/c1-8-5-3-4-6(8)7(9)10-2/h4H,3,5H2,1-2H3. The van der Waals surface area contributed by atoms with Crippen LogP contribution in [0.25, 0.3) is 0 Å². The summed E-state index contributed by atoms with van der Waals surface area (Å²) >= 11 is 0. The van der Waals surface area contributed by atoms with Crippen molar-refractivity contribution in [1.82, 2.24) is 4.90 Å². The SMILES string of the molecule is COC(=O)C1=CCCN1C. The number of esters is 1. The second-order valence-corrected chi connectivity index (χ2v) is 2.29. The summed E-state index contributed by atoms with van der Waals surface area (Å²) in [6, 6.07) is 0. The molecule has 3 heteroatoms. The van der Waals surface area contributed by atoms with E-state index in [2.05, 4.69) is 4.74 Å². The first-order chi connectivity index (χ1) is 4.75. The summed E-state index contributed by atoms with van der Waals surface area (Å²) in [6.45, 7) is 0.921. The van der Waals surface area contributed by atoms with E-state index in [0.29, 0.717) is 5.70 Å². The van der Waals surface area contributed by atoms with E-state index in [4.69, 9.17) is 0 Å². The third-order valence-corrected chi connectivity index (χ3v) is 1.61. The molecule has 0 spiro atoms. The Morgan fingerprint density at radius 2 is 2.50 bits per heavy atom. The van der Waals surface area contributed by atoms with Crippen LogP contribution in [0.2, 0.25) is 0 Å². The molecule has 0 amide bonds. The Balaban J connectivity index is 2.63. The van der Waals surface area contributed by atoms with Crippen LogP contribution in [0.5, 0.6) is 0 Å². The molecular weight excluding hydrogens is 130 g/mol. The van der Waals surface area contributed by atoms with E-state index in [1.807, 2.05) is 18.0 Å². The van der Waals surface area contributed by atoms with Crippen LogP contribution in [-0.4, -0.2) is 31.6 Å². The summed E-state index contributed by atoms with van der Waals surface area (Å²) in [5, 5.41) is 0. The van der Waals surface area contributed by atoms with Crippen molar-refractivity contribution in [2.24, 2.45) is 0 Å². The van der Waals surface area contributed by atoms with Crippen molar-refractivity contribution in [2.45, 2.75) is 6.42 Å². The highest BCUT2D eigenvalue weighted by Gasteiger charge is 2.17. The number of carbonyl (C=O) groups excluding carboxylic acids is 1. The highest BCUT2D eigenvalue weighted by Crippen LogP contribution is 2.12. The van der Waals surface area contributed by atoms with Crippen LogP contribution in [0.1, 0.15) is 6.42 Å². The Morgan fingerprint density at radius 1 is 1.80 bits per heavy atom. The molecule has 0 aliphatic carbocycles. The summed E-state index contributed by atoms with van der Waals surface area (Å²) in [5.41, 5.74) is 0.683. The maximum atomic E-state index is 10.9. The van der Waals surface area contributed by atoms with E-state index >= 15 is 0 Å². The lowest BCUT2D eigenvalue weighted by atomic mass is 10.4. The van der Waals surface area contributed by atoms with Gasteiger partial charge in [0.25, 0.3) is 0 Å². The van der Waals surface area contributed by atoms with Crippen LogP contribution >= 0.6 is 0 Å². The second-order valence-electron chi connectivity index (χ2n) is 2.29. The predicted octanol–water partition coefficient (Wildman–Crippen LogP) is 0.379. The first-order valence-corrected chi connectivity index (χ1v) is 3.25. The second kappa shape index (κ2) is 2.73. The van der Waals surface area contributed by atoms with Crippen molar-refractivity contribution in [1.29, 1.82) is 0 Å². The molecule has 1 aliphatic rings. The minimum Gasteiger partial charge on any atom is -0.464 e. The van der Waals surface area contributed by atoms with Crippen LogP contribution in [0, 0.1) is 0 Å². The van der Waals surface area contributed by atoms with Gasteiger partial charge in [-0.2, -0.15) is 0 Å². The third-order valence-electron chi connectivity index (χ3n) is 1.61. The number of hydrogen-bond donors (Lipinski definition) is 0. The van der Waals surface area contributed by atoms with Gasteiger partial charge in [0.1, 0.15) is 5.70 Å². The van der Waals surface area contributed by atoms with Gasteiger partial charge in [0.15, 0.2) is 0 Å². The van der Waals surface area contributed by atoms with Gasteiger partial charge in [-0.3, -0.25) is 0 Å². The van der Waals surface area contributed by atoms with Gasteiger partial charge in [-0.25, -0.2) is 4.79 Å². The first kappa shape index (κ1) is 7.12. The van der Waals surface area contributed by atoms with Gasteiger partial charge in [0.2, 0.25) is 0 Å². The maximum absolute atomic E-state index is 10.9. The number of ether oxygens (including phenoxy) is 1. The van der Waals surface area contributed by atoms with Gasteiger partial charge in [-0.05, 0) is 6.42 Å². The van der Waals surface area contributed by atoms with Crippen molar-refractivity contribution >= 4 is 5.97 Å². The highest BCUT2D eigenvalue weighted by atomic mass is 16.5. The zero-order valence-corrected chi connectivity index (χ0v) is 6.26. The lowest BCUT2D eigenvalue weighted by Gasteiger charge is -2.12. The molecule has 1 heterocycles. The molecule has 0 unspecified atom stereocenters. The fraction of sp³-hybridized carbons (Fsp3) is 0.571. The van der Waals surface area contributed by atoms with Crippen LogP contribution in [0.15, 0.2) is 11.8 Å². The van der Waals surface area contributed by atoms with E-state index < -0.39 is 0 Å². The number of rotatable bonds is 1. The van der Waals surface area contributed by atoms with E-state index in [9.17, 15) is 4.79 Å². The fourth-order valence-electron chi connectivity index (χ4n) is 1.01. The summed E-state index contributed by atoms with van der Waals surface area (Å²) in [5.74, 6) is -0.236. The minimum absolute atomic E-state index is 0.236. The van der Waals surface area contributed by atoms with E-state index in [1.54, 1.807) is 0 Å². The van der Waals surface area contributed by atoms with Crippen LogP contribution in [-0.2, 0) is 9.53 Å². The number of hydrogen-bond acceptors (Lipinski definition) is 3. The van der Waals surface area contributed by atoms with Gasteiger partial charge in [0, 0.05) is 13.6 Å². The first-order valence-electron chi connectivity index (χ1n) is 3.25. The summed E-state index contributed by atoms with van der Waals surface area (Å²) < 4.78 is 4.56. The molecular formula is C7H11NO2. The van der Waals surface area contributed by atoms with E-state index in [0.717, 1.165) is 13.0 Å². The largest absolute Gasteiger partial charge is 0.464 e. The van der Waals surface area contributed by atoms with Crippen molar-refractivity contribution in [3.05, 3.63) is 11.8 Å². The Bertz CT molecular complexity index is 174. The molecule has 0 aromatic heterocycles. The van der Waals surface area contributed by atoms with Crippen molar-refractivity contribution in [2.75, 3.05) is 20.7 Å². The summed E-state index contributed by atoms with van der Waals surface area (Å²) in [7, 11) is 3.28. The average Bonchev–Trinajstić information content (AvgIpc) is 2.34. The molecule has 0 aromatic carbocycles. The predicted molar refractivity (Wildman–Crippen MR) is 37.3 cm³/mol. The van der Waals surface area contributed by atoms with Gasteiger partial charge in [0.05, 0.1) is 7.11 Å². The van der Waals surface area contributed by atoms with Crippen molar-refractivity contribution < 1.29 is 9.53 Å². The Morgan fingerprint density at radius 3 is 2.90 bits per heavy atom. The van der Waals surface area contributed by atoms with Crippen molar-refractivity contribution in [3.8, 4) is 0 Å². The molecule has 3 nitrogen and oxygen atoms in total. The highest BCUT2D eigenvalue weighted by molar-refractivity contribution is 5.88. The number of carbonyl (C=O) groups is 1. The van der Waals surface area contributed by atoms with Crippen LogP contribution in [0.4, 0.5) is 0 Å². The topological polar surface area (TPSA) is 29.5 Å². The van der Waals surface area contributed by atoms with E-state index in [-0.39, 0.29) is 5.97 Å². The summed E-state index contributed by atoms with van der Waals surface area (Å²) in [6.07, 6.45) is 2.84. The lowest BCUT2D eigenvalue weighted by molar-refractivity contribution is -0.137. The number of likely N-dealkylation sites (N-methyl/N-ethyl adjacent to an activating group) is 1. The normalized spacial score (nSPS) is 17.0. The molecule has 56 valence electrons. The van der Waals surface area contributed by atoms with Crippen LogP contribution in [0.3, 0.4) is 0 Å². The Hall–Kier alpha value is -0.990. The Labute approximate surface area is 60.3 Å². The molecule has 10 heavy (non-hydrogen) atoms. The van der Waals surface area contributed by atoms with Gasteiger partial charge in [-0.15, -0.1) is 0 Å². The molecule has 0 aromatic rings. The van der Waals surface area contributed by atoms with Gasteiger partial charge < -0.3 is 9.64 Å². The zero-order valence-electron chi connectivity index (χ0n) is 6.26. The fourth-order valence-corrected chi connectivity index (χ4v) is 1.01. The quantitative estimate of drug-likeness (QED) is 0.494. The average molecular weight is 141 g/mol. The van der Waals surface area contributed by atoms with E-state index in [1.165, 1.54) is 7.11 Å². The molecule has 0 radical (unpaired) electrons. The monoisotopic (exact) mass is 141 g/mol. The molecule has 1 rings (SSSR count). The van der Waals surface area contributed by atoms with Crippen molar-refractivity contribution in [3.63, 3.8) is 0 Å². The molecule has 0 saturated carbocycles. The Kier molecular flexibility index (Phi) is 1.94. The minimum atomic E-state index is -0.236. The lowest BCUT2D eigenvalue weighted by Crippen LogP contribution is -2.20. The third kappa shape index (κ3) is 1.12. The molecule has 0 fully saturated rings. The molecule has 0 bridgehead atoms. The number of methoxy groups -OCH3 is 1. The molecule has 0 saturated heterocycles. The van der Waals surface area contributed by atoms with Gasteiger partial charge >= 0.3 is 5.97 Å². The summed E-state index contributed by atoms with van der Waals surface area (Å²) in [4.78, 5) is 12.8. The maximum Gasteiger partial charge on any atom is 0.353 e. The van der Waals surface area contributed by atoms with Gasteiger partial charge in [-0.1, -0.05) is 6.08 Å². The number of nitrogens with zero attached hydrogens (tertiary/aromatic N) is 1. The molecule has 0 N–H and O–H groups in total.